The molecular weight excluding hydrogens is 457 g/mol. The maximum absolute atomic E-state index is 6.61. The van der Waals surface area contributed by atoms with E-state index in [1.54, 1.807) is 19.1 Å². The predicted octanol–water partition coefficient (Wildman–Crippen LogP) is 8.17. The van der Waals surface area contributed by atoms with Gasteiger partial charge in [0.15, 0.2) is 8.32 Å². The molecule has 0 saturated heterocycles. The van der Waals surface area contributed by atoms with E-state index in [0.717, 1.165) is 5.56 Å². The van der Waals surface area contributed by atoms with Crippen molar-refractivity contribution in [3.05, 3.63) is 57.4 Å². The molecule has 1 unspecified atom stereocenters. The first kappa shape index (κ1) is 25.2. The van der Waals surface area contributed by atoms with Crippen molar-refractivity contribution in [3.63, 3.8) is 0 Å². The molecule has 0 amide bonds. The molecule has 1 aromatic carbocycles. The number of allylic oxidation sites excluding steroid dienone is 1. The summed E-state index contributed by atoms with van der Waals surface area (Å²) in [4.78, 5) is 9.00. The molecular formula is C22H30Cl3N3OSi. The summed E-state index contributed by atoms with van der Waals surface area (Å²) in [6, 6.07) is 5.27. The first-order chi connectivity index (χ1) is 13.9. The number of nitrogens with zero attached hydrogens (tertiary/aromatic N) is 2. The van der Waals surface area contributed by atoms with Gasteiger partial charge in [0, 0.05) is 23.1 Å². The van der Waals surface area contributed by atoms with Crippen molar-refractivity contribution in [2.45, 2.75) is 58.2 Å². The lowest BCUT2D eigenvalue weighted by Gasteiger charge is -2.37. The standard InChI is InChI=1S/C22H30Cl3N3OSi/c1-8-9-15(13-29-30(6,7)22(3,4)5)19-20(25)26-14(2)27-21(19)28-18-11-10-16(23)12-17(18)24/h8,10-12,15H,1,9,13H2,2-7H3,(H,26,27,28). The fourth-order valence-corrected chi connectivity index (χ4v) is 4.59. The molecule has 4 nitrogen and oxygen atoms in total. The van der Waals surface area contributed by atoms with Gasteiger partial charge in [0.2, 0.25) is 0 Å². The number of aromatic nitrogens is 2. The van der Waals surface area contributed by atoms with E-state index in [1.807, 2.05) is 12.1 Å². The Morgan fingerprint density at radius 1 is 1.20 bits per heavy atom. The van der Waals surface area contributed by atoms with Crippen LogP contribution in [0.1, 0.15) is 44.5 Å². The monoisotopic (exact) mass is 485 g/mol. The van der Waals surface area contributed by atoms with Crippen LogP contribution in [0.15, 0.2) is 30.9 Å². The molecule has 0 bridgehead atoms. The van der Waals surface area contributed by atoms with Crippen LogP contribution >= 0.6 is 34.8 Å². The second kappa shape index (κ2) is 10.0. The minimum absolute atomic E-state index is 0.0432. The number of aryl methyl sites for hydroxylation is 1. The van der Waals surface area contributed by atoms with Gasteiger partial charge < -0.3 is 9.74 Å². The lowest BCUT2D eigenvalue weighted by Crippen LogP contribution is -2.41. The van der Waals surface area contributed by atoms with Gasteiger partial charge in [0.05, 0.1) is 10.7 Å². The van der Waals surface area contributed by atoms with E-state index in [1.165, 1.54) is 0 Å². The Balaban J connectivity index is 2.44. The molecule has 1 aromatic heterocycles. The number of nitrogens with one attached hydrogen (secondary N) is 1. The van der Waals surface area contributed by atoms with Crippen LogP contribution in [-0.4, -0.2) is 24.9 Å². The first-order valence-corrected chi connectivity index (χ1v) is 13.9. The normalized spacial score (nSPS) is 13.2. The molecule has 0 aliphatic carbocycles. The Hall–Kier alpha value is -1.11. The summed E-state index contributed by atoms with van der Waals surface area (Å²) in [7, 11) is -1.94. The van der Waals surface area contributed by atoms with Gasteiger partial charge in [-0.15, -0.1) is 6.58 Å². The molecule has 2 rings (SSSR count). The zero-order valence-corrected chi connectivity index (χ0v) is 21.7. The molecule has 0 aliphatic heterocycles. The number of halogens is 3. The van der Waals surface area contributed by atoms with Crippen molar-refractivity contribution in [1.82, 2.24) is 9.97 Å². The number of rotatable bonds is 8. The molecule has 0 fully saturated rings. The molecule has 1 atom stereocenters. The highest BCUT2D eigenvalue weighted by Crippen LogP contribution is 2.40. The molecule has 1 N–H and O–H groups in total. The van der Waals surface area contributed by atoms with Crippen LogP contribution in [0.2, 0.25) is 33.3 Å². The van der Waals surface area contributed by atoms with Crippen molar-refractivity contribution in [2.75, 3.05) is 11.9 Å². The van der Waals surface area contributed by atoms with Gasteiger partial charge >= 0.3 is 0 Å². The van der Waals surface area contributed by atoms with Gasteiger partial charge in [-0.1, -0.05) is 61.7 Å². The fraction of sp³-hybridized carbons (Fsp3) is 0.455. The minimum Gasteiger partial charge on any atom is -0.416 e. The first-order valence-electron chi connectivity index (χ1n) is 9.86. The quantitative estimate of drug-likeness (QED) is 0.232. The summed E-state index contributed by atoms with van der Waals surface area (Å²) < 4.78 is 6.50. The molecule has 1 heterocycles. The van der Waals surface area contributed by atoms with Gasteiger partial charge in [-0.2, -0.15) is 0 Å². The highest BCUT2D eigenvalue weighted by Gasteiger charge is 2.38. The smallest absolute Gasteiger partial charge is 0.192 e. The van der Waals surface area contributed by atoms with Crippen molar-refractivity contribution in [2.24, 2.45) is 0 Å². The molecule has 30 heavy (non-hydrogen) atoms. The number of benzene rings is 1. The molecule has 0 radical (unpaired) electrons. The van der Waals surface area contributed by atoms with Gasteiger partial charge in [-0.3, -0.25) is 0 Å². The Morgan fingerprint density at radius 3 is 2.43 bits per heavy atom. The van der Waals surface area contributed by atoms with Crippen LogP contribution in [0, 0.1) is 6.92 Å². The summed E-state index contributed by atoms with van der Waals surface area (Å²) in [6.07, 6.45) is 2.55. The zero-order valence-electron chi connectivity index (χ0n) is 18.4. The van der Waals surface area contributed by atoms with Crippen LogP contribution in [0.3, 0.4) is 0 Å². The van der Waals surface area contributed by atoms with Gasteiger partial charge in [0.1, 0.15) is 16.8 Å². The Kier molecular flexibility index (Phi) is 8.39. The van der Waals surface area contributed by atoms with Crippen molar-refractivity contribution < 1.29 is 4.43 Å². The van der Waals surface area contributed by atoms with Crippen molar-refractivity contribution in [1.29, 1.82) is 0 Å². The van der Waals surface area contributed by atoms with Crippen molar-refractivity contribution >= 4 is 54.6 Å². The summed E-state index contributed by atoms with van der Waals surface area (Å²) in [5, 5.41) is 4.89. The van der Waals surface area contributed by atoms with Crippen LogP contribution in [0.5, 0.6) is 0 Å². The second-order valence-corrected chi connectivity index (χ2v) is 14.9. The second-order valence-electron chi connectivity index (χ2n) is 8.87. The van der Waals surface area contributed by atoms with E-state index in [4.69, 9.17) is 39.2 Å². The van der Waals surface area contributed by atoms with Crippen LogP contribution in [0.25, 0.3) is 0 Å². The highest BCUT2D eigenvalue weighted by atomic mass is 35.5. The Morgan fingerprint density at radius 2 is 1.87 bits per heavy atom. The average Bonchev–Trinajstić information content (AvgIpc) is 2.60. The Labute approximate surface area is 196 Å². The third-order valence-corrected chi connectivity index (χ3v) is 10.8. The lowest BCUT2D eigenvalue weighted by molar-refractivity contribution is 0.263. The largest absolute Gasteiger partial charge is 0.416 e. The Bertz CT molecular complexity index is 913. The zero-order chi connectivity index (χ0) is 22.7. The van der Waals surface area contributed by atoms with Gasteiger partial charge in [0.25, 0.3) is 0 Å². The SMILES string of the molecule is C=CCC(CO[Si](C)(C)C(C)(C)C)c1c(Cl)nc(C)nc1Nc1ccc(Cl)cc1Cl. The van der Waals surface area contributed by atoms with E-state index in [2.05, 4.69) is 55.7 Å². The third-order valence-electron chi connectivity index (χ3n) is 5.51. The summed E-state index contributed by atoms with van der Waals surface area (Å²) in [6.45, 7) is 17.4. The maximum Gasteiger partial charge on any atom is 0.192 e. The lowest BCUT2D eigenvalue weighted by atomic mass is 9.98. The van der Waals surface area contributed by atoms with Crippen LogP contribution in [-0.2, 0) is 4.43 Å². The van der Waals surface area contributed by atoms with Gasteiger partial charge in [-0.25, -0.2) is 9.97 Å². The van der Waals surface area contributed by atoms with Crippen LogP contribution in [0.4, 0.5) is 11.5 Å². The maximum atomic E-state index is 6.61. The minimum atomic E-state index is -1.94. The third kappa shape index (κ3) is 6.20. The summed E-state index contributed by atoms with van der Waals surface area (Å²) >= 11 is 19.0. The summed E-state index contributed by atoms with van der Waals surface area (Å²) in [5.41, 5.74) is 1.49. The topological polar surface area (TPSA) is 47.0 Å². The van der Waals surface area contributed by atoms with E-state index >= 15 is 0 Å². The molecule has 8 heteroatoms. The fourth-order valence-electron chi connectivity index (χ4n) is 2.72. The van der Waals surface area contributed by atoms with Gasteiger partial charge in [-0.05, 0) is 49.7 Å². The number of anilines is 2. The van der Waals surface area contributed by atoms with Crippen molar-refractivity contribution in [3.8, 4) is 0 Å². The van der Waals surface area contributed by atoms with E-state index in [9.17, 15) is 0 Å². The molecule has 164 valence electrons. The van der Waals surface area contributed by atoms with E-state index in [0.29, 0.717) is 45.6 Å². The van der Waals surface area contributed by atoms with E-state index in [-0.39, 0.29) is 11.0 Å². The van der Waals surface area contributed by atoms with E-state index < -0.39 is 8.32 Å². The highest BCUT2D eigenvalue weighted by molar-refractivity contribution is 6.74. The molecule has 0 saturated carbocycles. The average molecular weight is 487 g/mol. The number of hydrogen-bond donors (Lipinski definition) is 1. The molecule has 0 spiro atoms. The summed E-state index contributed by atoms with van der Waals surface area (Å²) in [5.74, 6) is 1.14. The van der Waals surface area contributed by atoms with Crippen LogP contribution < -0.4 is 5.32 Å². The molecule has 0 aliphatic rings. The number of hydrogen-bond acceptors (Lipinski definition) is 4. The molecule has 2 aromatic rings. The predicted molar refractivity (Wildman–Crippen MR) is 132 cm³/mol.